The van der Waals surface area contributed by atoms with Crippen LogP contribution in [0.1, 0.15) is 29.6 Å². The lowest BCUT2D eigenvalue weighted by molar-refractivity contribution is 0.0951. The number of nitrogens with one attached hydrogen (secondary N) is 2. The van der Waals surface area contributed by atoms with Gasteiger partial charge in [-0.25, -0.2) is 21.6 Å². The Labute approximate surface area is 141 Å². The molecule has 0 spiro atoms. The van der Waals surface area contributed by atoms with Gasteiger partial charge >= 0.3 is 0 Å². The van der Waals surface area contributed by atoms with Crippen LogP contribution >= 0.6 is 0 Å². The first-order chi connectivity index (χ1) is 11.3. The van der Waals surface area contributed by atoms with Crippen LogP contribution in [0.5, 0.6) is 0 Å². The minimum Gasteiger partial charge on any atom is -0.349 e. The summed E-state index contributed by atoms with van der Waals surface area (Å²) >= 11 is 0. The summed E-state index contributed by atoms with van der Waals surface area (Å²) in [6.07, 6.45) is 2.45. The third-order valence-electron chi connectivity index (χ3n) is 4.23. The van der Waals surface area contributed by atoms with Gasteiger partial charge in [0, 0.05) is 18.2 Å². The lowest BCUT2D eigenvalue weighted by atomic mass is 10.1. The molecule has 132 valence electrons. The minimum absolute atomic E-state index is 0.0236. The van der Waals surface area contributed by atoms with E-state index in [1.54, 1.807) is 0 Å². The molecule has 1 aromatic carbocycles. The van der Waals surface area contributed by atoms with Crippen LogP contribution in [0.25, 0.3) is 0 Å². The maximum Gasteiger partial charge on any atom is 0.251 e. The molecule has 2 N–H and O–H groups in total. The van der Waals surface area contributed by atoms with Crippen LogP contribution in [0.2, 0.25) is 0 Å². The average molecular weight is 372 g/mol. The lowest BCUT2D eigenvalue weighted by Crippen LogP contribution is -2.30. The van der Waals surface area contributed by atoms with Crippen molar-refractivity contribution in [2.75, 3.05) is 18.1 Å². The summed E-state index contributed by atoms with van der Waals surface area (Å²) in [6.45, 7) is 0.103. The molecule has 0 unspecified atom stereocenters. The van der Waals surface area contributed by atoms with E-state index in [2.05, 4.69) is 10.0 Å². The molecule has 0 aromatic heterocycles. The van der Waals surface area contributed by atoms with Crippen molar-refractivity contribution in [3.05, 3.63) is 29.8 Å². The zero-order valence-electron chi connectivity index (χ0n) is 13.1. The van der Waals surface area contributed by atoms with E-state index < -0.39 is 19.9 Å². The van der Waals surface area contributed by atoms with Gasteiger partial charge in [-0.3, -0.25) is 4.79 Å². The Kier molecular flexibility index (Phi) is 4.67. The Morgan fingerprint density at radius 3 is 2.33 bits per heavy atom. The van der Waals surface area contributed by atoms with Crippen molar-refractivity contribution in [1.82, 2.24) is 10.0 Å². The number of amides is 1. The molecule has 1 heterocycles. The molecule has 1 amide bonds. The van der Waals surface area contributed by atoms with Crippen molar-refractivity contribution in [2.45, 2.75) is 30.2 Å². The van der Waals surface area contributed by atoms with Crippen LogP contribution < -0.4 is 10.0 Å². The number of hydrogen-bond donors (Lipinski definition) is 2. The normalized spacial score (nSPS) is 23.1. The molecule has 1 aromatic rings. The summed E-state index contributed by atoms with van der Waals surface area (Å²) < 4.78 is 49.8. The molecule has 1 saturated heterocycles. The second-order valence-electron chi connectivity index (χ2n) is 6.39. The number of carbonyl (C=O) groups is 1. The van der Waals surface area contributed by atoms with Gasteiger partial charge in [0.15, 0.2) is 9.84 Å². The molecule has 3 rings (SSSR count). The van der Waals surface area contributed by atoms with E-state index in [0.29, 0.717) is 12.0 Å². The number of rotatable bonds is 6. The Hall–Kier alpha value is -1.45. The molecule has 1 saturated carbocycles. The zero-order valence-corrected chi connectivity index (χ0v) is 14.7. The molecule has 9 heteroatoms. The minimum atomic E-state index is -3.71. The molecule has 24 heavy (non-hydrogen) atoms. The summed E-state index contributed by atoms with van der Waals surface area (Å²) in [5.41, 5.74) is 0.419. The topological polar surface area (TPSA) is 109 Å². The van der Waals surface area contributed by atoms with Crippen LogP contribution in [0.15, 0.2) is 29.2 Å². The van der Waals surface area contributed by atoms with Gasteiger partial charge in [-0.1, -0.05) is 0 Å². The fraction of sp³-hybridized carbons (Fsp3) is 0.533. The van der Waals surface area contributed by atoms with Crippen molar-refractivity contribution in [1.29, 1.82) is 0 Å². The standard InChI is InChI=1S/C15H20N2O5S2/c18-15(17-13-3-4-13)12-1-5-14(6-2-12)24(21,22)16-9-11-7-8-23(19,20)10-11/h1-2,5-6,11,13,16H,3-4,7-10H2,(H,17,18)/t11-/m0/s1. The quantitative estimate of drug-likeness (QED) is 0.746. The Morgan fingerprint density at radius 2 is 1.79 bits per heavy atom. The largest absolute Gasteiger partial charge is 0.349 e. The van der Waals surface area contributed by atoms with Gasteiger partial charge in [-0.15, -0.1) is 0 Å². The Balaban J connectivity index is 1.60. The second-order valence-corrected chi connectivity index (χ2v) is 10.4. The number of hydrogen-bond acceptors (Lipinski definition) is 5. The molecule has 7 nitrogen and oxygen atoms in total. The molecule has 2 fully saturated rings. The molecule has 1 aliphatic heterocycles. The van der Waals surface area contributed by atoms with Gasteiger partial charge in [-0.05, 0) is 49.4 Å². The summed E-state index contributed by atoms with van der Waals surface area (Å²) in [5.74, 6) is -0.251. The van der Waals surface area contributed by atoms with Crippen LogP contribution in [0.4, 0.5) is 0 Å². The Morgan fingerprint density at radius 1 is 1.12 bits per heavy atom. The lowest BCUT2D eigenvalue weighted by Gasteiger charge is -2.11. The fourth-order valence-corrected chi connectivity index (χ4v) is 5.60. The first-order valence-corrected chi connectivity index (χ1v) is 11.2. The van der Waals surface area contributed by atoms with Gasteiger partial charge in [0.2, 0.25) is 10.0 Å². The molecule has 1 aliphatic carbocycles. The predicted molar refractivity (Wildman–Crippen MR) is 88.9 cm³/mol. The maximum absolute atomic E-state index is 12.3. The molecule has 1 atom stereocenters. The predicted octanol–water partition coefficient (Wildman–Crippen LogP) is 0.292. The fourth-order valence-electron chi connectivity index (χ4n) is 2.63. The van der Waals surface area contributed by atoms with E-state index >= 15 is 0 Å². The van der Waals surface area contributed by atoms with Crippen molar-refractivity contribution in [3.63, 3.8) is 0 Å². The van der Waals surface area contributed by atoms with E-state index in [0.717, 1.165) is 12.8 Å². The van der Waals surface area contributed by atoms with Gasteiger partial charge in [0.1, 0.15) is 0 Å². The summed E-state index contributed by atoms with van der Waals surface area (Å²) in [5, 5.41) is 2.84. The summed E-state index contributed by atoms with van der Waals surface area (Å²) in [4.78, 5) is 11.9. The molecule has 0 radical (unpaired) electrons. The number of sulfonamides is 1. The highest BCUT2D eigenvalue weighted by Gasteiger charge is 2.29. The Bertz CT molecular complexity index is 827. The van der Waals surface area contributed by atoms with Crippen LogP contribution in [0, 0.1) is 5.92 Å². The highest BCUT2D eigenvalue weighted by atomic mass is 32.2. The van der Waals surface area contributed by atoms with Gasteiger partial charge in [0.05, 0.1) is 16.4 Å². The summed E-state index contributed by atoms with van der Waals surface area (Å²) in [6, 6.07) is 5.97. The highest BCUT2D eigenvalue weighted by molar-refractivity contribution is 7.91. The van der Waals surface area contributed by atoms with E-state index in [-0.39, 0.29) is 40.8 Å². The van der Waals surface area contributed by atoms with Gasteiger partial charge in [-0.2, -0.15) is 0 Å². The molecular formula is C15H20N2O5S2. The SMILES string of the molecule is O=C(NC1CC1)c1ccc(S(=O)(=O)NC[C@@H]2CCS(=O)(=O)C2)cc1. The molecule has 0 bridgehead atoms. The number of benzene rings is 1. The van der Waals surface area contributed by atoms with Crippen LogP contribution in [-0.2, 0) is 19.9 Å². The first-order valence-electron chi connectivity index (χ1n) is 7.86. The monoisotopic (exact) mass is 372 g/mol. The van der Waals surface area contributed by atoms with Crippen LogP contribution in [0.3, 0.4) is 0 Å². The maximum atomic E-state index is 12.3. The third-order valence-corrected chi connectivity index (χ3v) is 7.50. The van der Waals surface area contributed by atoms with E-state index in [9.17, 15) is 21.6 Å². The summed E-state index contributed by atoms with van der Waals surface area (Å²) in [7, 11) is -6.74. The van der Waals surface area contributed by atoms with Crippen molar-refractivity contribution >= 4 is 25.8 Å². The number of sulfone groups is 1. The molecule has 2 aliphatic rings. The first kappa shape index (κ1) is 17.4. The third kappa shape index (κ3) is 4.34. The van der Waals surface area contributed by atoms with Gasteiger partial charge in [0.25, 0.3) is 5.91 Å². The second kappa shape index (κ2) is 6.45. The average Bonchev–Trinajstić information content (AvgIpc) is 3.27. The van der Waals surface area contributed by atoms with E-state index in [4.69, 9.17) is 0 Å². The zero-order chi connectivity index (χ0) is 17.4. The van der Waals surface area contributed by atoms with Crippen LogP contribution in [-0.4, -0.2) is 46.8 Å². The van der Waals surface area contributed by atoms with Crippen molar-refractivity contribution in [2.24, 2.45) is 5.92 Å². The number of carbonyl (C=O) groups excluding carboxylic acids is 1. The van der Waals surface area contributed by atoms with Crippen molar-refractivity contribution in [3.8, 4) is 0 Å². The van der Waals surface area contributed by atoms with E-state index in [1.165, 1.54) is 24.3 Å². The smallest absolute Gasteiger partial charge is 0.251 e. The van der Waals surface area contributed by atoms with Gasteiger partial charge < -0.3 is 5.32 Å². The molecular weight excluding hydrogens is 352 g/mol. The van der Waals surface area contributed by atoms with Crippen molar-refractivity contribution < 1.29 is 21.6 Å². The highest BCUT2D eigenvalue weighted by Crippen LogP contribution is 2.20. The van der Waals surface area contributed by atoms with E-state index in [1.807, 2.05) is 0 Å².